The second kappa shape index (κ2) is 5.97. The lowest BCUT2D eigenvalue weighted by molar-refractivity contribution is -0.129. The van der Waals surface area contributed by atoms with Gasteiger partial charge in [0.25, 0.3) is 0 Å². The largest absolute Gasteiger partial charge is 0.342 e. The quantitative estimate of drug-likeness (QED) is 0.918. The van der Waals surface area contributed by atoms with Crippen LogP contribution in [0, 0.1) is 0 Å². The number of carbonyl (C=O) groups excluding carboxylic acids is 1. The minimum Gasteiger partial charge on any atom is -0.342 e. The van der Waals surface area contributed by atoms with Crippen molar-refractivity contribution >= 4 is 17.7 Å². The molecule has 0 radical (unpaired) electrons. The lowest BCUT2D eigenvalue weighted by Crippen LogP contribution is -2.39. The zero-order valence-electron chi connectivity index (χ0n) is 11.1. The highest BCUT2D eigenvalue weighted by Crippen LogP contribution is 2.31. The third-order valence-corrected chi connectivity index (χ3v) is 5.02. The molecule has 2 aliphatic heterocycles. The maximum absolute atomic E-state index is 12.1. The van der Waals surface area contributed by atoms with Gasteiger partial charge in [0.05, 0.1) is 6.54 Å². The molecule has 3 nitrogen and oxygen atoms in total. The summed E-state index contributed by atoms with van der Waals surface area (Å²) in [6.45, 7) is 2.35. The first-order chi connectivity index (χ1) is 9.34. The Bertz CT molecular complexity index is 457. The van der Waals surface area contributed by atoms with Crippen LogP contribution in [0.4, 0.5) is 0 Å². The van der Waals surface area contributed by atoms with E-state index in [0.29, 0.717) is 12.6 Å². The average Bonchev–Trinajstić information content (AvgIpc) is 2.99. The number of likely N-dealkylation sites (tertiary alicyclic amines) is 1. The Kier molecular flexibility index (Phi) is 4.09. The van der Waals surface area contributed by atoms with Crippen molar-refractivity contribution in [2.75, 3.05) is 25.4 Å². The molecule has 1 saturated heterocycles. The first kappa shape index (κ1) is 13.0. The average molecular weight is 276 g/mol. The molecule has 1 amide bonds. The van der Waals surface area contributed by atoms with Crippen LogP contribution in [0.25, 0.3) is 0 Å². The topological polar surface area (TPSA) is 32.3 Å². The van der Waals surface area contributed by atoms with Crippen molar-refractivity contribution in [1.29, 1.82) is 0 Å². The summed E-state index contributed by atoms with van der Waals surface area (Å²) in [6.07, 6.45) is 2.32. The third-order valence-electron chi connectivity index (χ3n) is 3.93. The predicted molar refractivity (Wildman–Crippen MR) is 79.2 cm³/mol. The number of nitrogens with one attached hydrogen (secondary N) is 1. The van der Waals surface area contributed by atoms with E-state index >= 15 is 0 Å². The second-order valence-corrected chi connectivity index (χ2v) is 6.27. The highest BCUT2D eigenvalue weighted by molar-refractivity contribution is 7.98. The Morgan fingerprint density at radius 2 is 2.11 bits per heavy atom. The maximum Gasteiger partial charge on any atom is 0.236 e. The van der Waals surface area contributed by atoms with Gasteiger partial charge in [-0.2, -0.15) is 11.8 Å². The first-order valence-corrected chi connectivity index (χ1v) is 8.17. The molecule has 3 rings (SSSR count). The molecule has 0 bridgehead atoms. The van der Waals surface area contributed by atoms with Gasteiger partial charge in [0.1, 0.15) is 0 Å². The van der Waals surface area contributed by atoms with Gasteiger partial charge in [0.2, 0.25) is 5.91 Å². The van der Waals surface area contributed by atoms with Crippen molar-refractivity contribution in [3.63, 3.8) is 0 Å². The molecular weight excluding hydrogens is 256 g/mol. The minimum atomic E-state index is 0.255. The van der Waals surface area contributed by atoms with Gasteiger partial charge in [-0.3, -0.25) is 4.79 Å². The maximum atomic E-state index is 12.1. The summed E-state index contributed by atoms with van der Waals surface area (Å²) in [6, 6.07) is 8.88. The van der Waals surface area contributed by atoms with E-state index in [1.165, 1.54) is 11.1 Å². The Morgan fingerprint density at radius 3 is 2.95 bits per heavy atom. The number of amides is 1. The van der Waals surface area contributed by atoms with Gasteiger partial charge in [-0.15, -0.1) is 0 Å². The summed E-state index contributed by atoms with van der Waals surface area (Å²) < 4.78 is 0. The Labute approximate surface area is 118 Å². The highest BCUT2D eigenvalue weighted by Gasteiger charge is 2.22. The smallest absolute Gasteiger partial charge is 0.236 e. The van der Waals surface area contributed by atoms with Gasteiger partial charge >= 0.3 is 0 Å². The minimum absolute atomic E-state index is 0.255. The number of benzene rings is 1. The Balaban J connectivity index is 1.60. The molecule has 1 unspecified atom stereocenters. The van der Waals surface area contributed by atoms with Crippen molar-refractivity contribution < 1.29 is 4.79 Å². The molecule has 4 heteroatoms. The van der Waals surface area contributed by atoms with Crippen molar-refractivity contribution in [3.8, 4) is 0 Å². The second-order valence-electron chi connectivity index (χ2n) is 5.24. The van der Waals surface area contributed by atoms with E-state index in [-0.39, 0.29) is 5.91 Å². The fraction of sp³-hybridized carbons (Fsp3) is 0.533. The lowest BCUT2D eigenvalue weighted by atomic mass is 10.0. The first-order valence-electron chi connectivity index (χ1n) is 7.01. The number of rotatable bonds is 3. The zero-order valence-corrected chi connectivity index (χ0v) is 11.9. The van der Waals surface area contributed by atoms with Gasteiger partial charge in [-0.05, 0) is 24.0 Å². The van der Waals surface area contributed by atoms with Gasteiger partial charge in [0, 0.05) is 30.6 Å². The lowest BCUT2D eigenvalue weighted by Gasteiger charge is -2.26. The fourth-order valence-electron chi connectivity index (χ4n) is 2.84. The van der Waals surface area contributed by atoms with Gasteiger partial charge in [0.15, 0.2) is 0 Å². The van der Waals surface area contributed by atoms with Crippen LogP contribution in [0.1, 0.15) is 30.0 Å². The van der Waals surface area contributed by atoms with E-state index in [1.54, 1.807) is 0 Å². The molecule has 0 saturated carbocycles. The summed E-state index contributed by atoms with van der Waals surface area (Å²) >= 11 is 1.94. The molecule has 102 valence electrons. The molecule has 1 fully saturated rings. The van der Waals surface area contributed by atoms with Gasteiger partial charge in [-0.25, -0.2) is 0 Å². The van der Waals surface area contributed by atoms with Crippen LogP contribution in [0.5, 0.6) is 0 Å². The number of fused-ring (bicyclic) bond motifs is 1. The highest BCUT2D eigenvalue weighted by atomic mass is 32.2. The molecule has 0 aliphatic carbocycles. The van der Waals surface area contributed by atoms with Gasteiger partial charge < -0.3 is 10.2 Å². The molecule has 1 atom stereocenters. The number of hydrogen-bond acceptors (Lipinski definition) is 3. The predicted octanol–water partition coefficient (Wildman–Crippen LogP) is 2.19. The normalized spacial score (nSPS) is 22.3. The molecule has 1 N–H and O–H groups in total. The summed E-state index contributed by atoms with van der Waals surface area (Å²) in [7, 11) is 0. The summed E-state index contributed by atoms with van der Waals surface area (Å²) in [4.78, 5) is 14.0. The third kappa shape index (κ3) is 2.95. The molecule has 2 heterocycles. The molecule has 19 heavy (non-hydrogen) atoms. The SMILES string of the molecule is O=C(CNC1CSCc2ccccc21)N1CCCC1. The van der Waals surface area contributed by atoms with Crippen LogP contribution in [0.15, 0.2) is 24.3 Å². The van der Waals surface area contributed by atoms with E-state index in [2.05, 4.69) is 29.6 Å². The summed E-state index contributed by atoms with van der Waals surface area (Å²) in [5.74, 6) is 2.41. The molecule has 1 aromatic rings. The Morgan fingerprint density at radius 1 is 1.32 bits per heavy atom. The molecular formula is C15H20N2OS. The van der Waals surface area contributed by atoms with Crippen LogP contribution in [0.2, 0.25) is 0 Å². The van der Waals surface area contributed by atoms with Crippen LogP contribution in [-0.2, 0) is 10.5 Å². The molecule has 1 aromatic carbocycles. The molecule has 0 spiro atoms. The van der Waals surface area contributed by atoms with Crippen LogP contribution >= 0.6 is 11.8 Å². The number of thioether (sulfide) groups is 1. The number of hydrogen-bond donors (Lipinski definition) is 1. The summed E-state index contributed by atoms with van der Waals surface area (Å²) in [5.41, 5.74) is 2.78. The van der Waals surface area contributed by atoms with E-state index in [1.807, 2.05) is 16.7 Å². The molecule has 0 aromatic heterocycles. The molecule has 2 aliphatic rings. The fourth-order valence-corrected chi connectivity index (χ4v) is 3.97. The van der Waals surface area contributed by atoms with E-state index in [0.717, 1.165) is 37.4 Å². The van der Waals surface area contributed by atoms with E-state index in [9.17, 15) is 4.79 Å². The van der Waals surface area contributed by atoms with Crippen molar-refractivity contribution in [3.05, 3.63) is 35.4 Å². The number of nitrogens with zero attached hydrogens (tertiary/aromatic N) is 1. The Hall–Kier alpha value is -1.00. The monoisotopic (exact) mass is 276 g/mol. The van der Waals surface area contributed by atoms with Crippen molar-refractivity contribution in [1.82, 2.24) is 10.2 Å². The van der Waals surface area contributed by atoms with Gasteiger partial charge in [-0.1, -0.05) is 24.3 Å². The van der Waals surface area contributed by atoms with Crippen LogP contribution < -0.4 is 5.32 Å². The van der Waals surface area contributed by atoms with Crippen molar-refractivity contribution in [2.45, 2.75) is 24.6 Å². The van der Waals surface area contributed by atoms with Crippen LogP contribution in [0.3, 0.4) is 0 Å². The van der Waals surface area contributed by atoms with Crippen molar-refractivity contribution in [2.24, 2.45) is 0 Å². The van der Waals surface area contributed by atoms with E-state index < -0.39 is 0 Å². The van der Waals surface area contributed by atoms with E-state index in [4.69, 9.17) is 0 Å². The standard InChI is InChI=1S/C15H20N2OS/c18-15(17-7-3-4-8-17)9-16-14-11-19-10-12-5-1-2-6-13(12)14/h1-2,5-6,14,16H,3-4,7-11H2. The summed E-state index contributed by atoms with van der Waals surface area (Å²) in [5, 5.41) is 3.44. The number of carbonyl (C=O) groups is 1. The zero-order chi connectivity index (χ0) is 13.1. The van der Waals surface area contributed by atoms with Crippen LogP contribution in [-0.4, -0.2) is 36.2 Å².